The third-order valence-corrected chi connectivity index (χ3v) is 5.42. The number of para-hydroxylation sites is 1. The first-order valence-corrected chi connectivity index (χ1v) is 10.0. The van der Waals surface area contributed by atoms with Crippen molar-refractivity contribution in [1.82, 2.24) is 4.98 Å². The van der Waals surface area contributed by atoms with E-state index in [1.54, 1.807) is 29.2 Å². The number of pyridine rings is 1. The minimum atomic E-state index is -0.558. The van der Waals surface area contributed by atoms with E-state index in [9.17, 15) is 14.4 Å². The lowest BCUT2D eigenvalue weighted by Gasteiger charge is -2.16. The molecule has 1 fully saturated rings. The first-order chi connectivity index (χ1) is 15.0. The summed E-state index contributed by atoms with van der Waals surface area (Å²) < 4.78 is 10.4. The number of hydrogen-bond acceptors (Lipinski definition) is 6. The monoisotopic (exact) mass is 418 g/mol. The summed E-state index contributed by atoms with van der Waals surface area (Å²) in [5, 5.41) is 0.834. The Labute approximate surface area is 179 Å². The molecule has 0 aliphatic carbocycles. The van der Waals surface area contributed by atoms with Gasteiger partial charge in [0.25, 0.3) is 0 Å². The summed E-state index contributed by atoms with van der Waals surface area (Å²) in [5.41, 5.74) is 3.06. The zero-order valence-corrected chi connectivity index (χ0v) is 17.4. The van der Waals surface area contributed by atoms with Crippen LogP contribution in [-0.2, 0) is 20.9 Å². The SMILES string of the molecule is COC(=O)c1c(COC(=O)c2cccc(N3CCCC3=O)c2)nc2ccccc2c1C. The van der Waals surface area contributed by atoms with E-state index in [-0.39, 0.29) is 12.5 Å². The number of carbonyl (C=O) groups excluding carboxylic acids is 3. The Morgan fingerprint density at radius 1 is 1.10 bits per heavy atom. The van der Waals surface area contributed by atoms with E-state index in [4.69, 9.17) is 9.47 Å². The van der Waals surface area contributed by atoms with E-state index in [0.29, 0.717) is 41.0 Å². The Bertz CT molecular complexity index is 1190. The van der Waals surface area contributed by atoms with Gasteiger partial charge in [-0.3, -0.25) is 4.79 Å². The highest BCUT2D eigenvalue weighted by atomic mass is 16.5. The molecular formula is C24H22N2O5. The second-order valence-electron chi connectivity index (χ2n) is 7.34. The van der Waals surface area contributed by atoms with Gasteiger partial charge in [-0.1, -0.05) is 24.3 Å². The van der Waals surface area contributed by atoms with E-state index in [1.807, 2.05) is 31.2 Å². The lowest BCUT2D eigenvalue weighted by atomic mass is 10.0. The Kier molecular flexibility index (Phi) is 5.66. The van der Waals surface area contributed by atoms with Crippen LogP contribution in [0, 0.1) is 6.92 Å². The summed E-state index contributed by atoms with van der Waals surface area (Å²) in [6, 6.07) is 14.2. The number of methoxy groups -OCH3 is 1. The number of rotatable bonds is 5. The maximum atomic E-state index is 12.7. The van der Waals surface area contributed by atoms with Gasteiger partial charge in [-0.25, -0.2) is 14.6 Å². The number of hydrogen-bond donors (Lipinski definition) is 0. The van der Waals surface area contributed by atoms with Crippen LogP contribution in [0.25, 0.3) is 10.9 Å². The van der Waals surface area contributed by atoms with Crippen LogP contribution < -0.4 is 4.90 Å². The molecule has 0 unspecified atom stereocenters. The van der Waals surface area contributed by atoms with Crippen molar-refractivity contribution in [2.75, 3.05) is 18.6 Å². The quantitative estimate of drug-likeness (QED) is 0.586. The molecule has 31 heavy (non-hydrogen) atoms. The third kappa shape index (κ3) is 3.99. The summed E-state index contributed by atoms with van der Waals surface area (Å²) >= 11 is 0. The topological polar surface area (TPSA) is 85.8 Å². The number of anilines is 1. The zero-order chi connectivity index (χ0) is 22.0. The molecule has 2 aromatic carbocycles. The second-order valence-corrected chi connectivity index (χ2v) is 7.34. The number of carbonyl (C=O) groups is 3. The van der Waals surface area contributed by atoms with Crippen molar-refractivity contribution in [1.29, 1.82) is 0 Å². The Hall–Kier alpha value is -3.74. The maximum absolute atomic E-state index is 12.7. The van der Waals surface area contributed by atoms with Gasteiger partial charge in [0.1, 0.15) is 6.61 Å². The smallest absolute Gasteiger partial charge is 0.340 e. The summed E-state index contributed by atoms with van der Waals surface area (Å²) in [5.74, 6) is -1.04. The minimum absolute atomic E-state index is 0.0454. The molecule has 0 N–H and O–H groups in total. The molecule has 0 bridgehead atoms. The first-order valence-electron chi connectivity index (χ1n) is 10.0. The molecule has 2 heterocycles. The zero-order valence-electron chi connectivity index (χ0n) is 17.4. The molecule has 7 nitrogen and oxygen atoms in total. The minimum Gasteiger partial charge on any atom is -0.465 e. The fourth-order valence-electron chi connectivity index (χ4n) is 3.86. The van der Waals surface area contributed by atoms with Gasteiger partial charge in [0, 0.05) is 24.0 Å². The largest absolute Gasteiger partial charge is 0.465 e. The van der Waals surface area contributed by atoms with E-state index in [2.05, 4.69) is 4.98 Å². The Balaban J connectivity index is 1.60. The van der Waals surface area contributed by atoms with Crippen molar-refractivity contribution in [3.63, 3.8) is 0 Å². The summed E-state index contributed by atoms with van der Waals surface area (Å²) in [6.45, 7) is 2.28. The van der Waals surface area contributed by atoms with Gasteiger partial charge < -0.3 is 14.4 Å². The highest BCUT2D eigenvalue weighted by molar-refractivity contribution is 5.99. The molecule has 0 radical (unpaired) electrons. The number of ether oxygens (including phenoxy) is 2. The fourth-order valence-corrected chi connectivity index (χ4v) is 3.86. The van der Waals surface area contributed by atoms with Crippen LogP contribution in [0.1, 0.15) is 44.8 Å². The molecule has 1 aromatic heterocycles. The van der Waals surface area contributed by atoms with Crippen LogP contribution in [0.3, 0.4) is 0 Å². The van der Waals surface area contributed by atoms with Crippen molar-refractivity contribution in [3.05, 3.63) is 70.9 Å². The van der Waals surface area contributed by atoms with Gasteiger partial charge in [-0.2, -0.15) is 0 Å². The standard InChI is InChI=1S/C24H22N2O5/c1-15-18-9-3-4-10-19(18)25-20(22(15)24(29)30-2)14-31-23(28)16-7-5-8-17(13-16)26-12-6-11-21(26)27/h3-5,7-10,13H,6,11-12,14H2,1-2H3. The van der Waals surface area contributed by atoms with Crippen LogP contribution in [0.4, 0.5) is 5.69 Å². The normalized spacial score (nSPS) is 13.5. The molecule has 0 saturated carbocycles. The number of aromatic nitrogens is 1. The van der Waals surface area contributed by atoms with Crippen molar-refractivity contribution in [2.24, 2.45) is 0 Å². The number of aryl methyl sites for hydroxylation is 1. The van der Waals surface area contributed by atoms with Gasteiger partial charge in [-0.05, 0) is 43.2 Å². The molecule has 1 aliphatic heterocycles. The Morgan fingerprint density at radius 2 is 1.90 bits per heavy atom. The molecule has 0 spiro atoms. The van der Waals surface area contributed by atoms with Gasteiger partial charge in [0.05, 0.1) is 29.4 Å². The average molecular weight is 418 g/mol. The molecular weight excluding hydrogens is 396 g/mol. The number of nitrogens with zero attached hydrogens (tertiary/aromatic N) is 2. The highest BCUT2D eigenvalue weighted by Gasteiger charge is 2.23. The summed E-state index contributed by atoms with van der Waals surface area (Å²) in [4.78, 5) is 43.3. The lowest BCUT2D eigenvalue weighted by Crippen LogP contribution is -2.23. The van der Waals surface area contributed by atoms with Crippen LogP contribution in [0.5, 0.6) is 0 Å². The van der Waals surface area contributed by atoms with Crippen molar-refractivity contribution >= 4 is 34.4 Å². The van der Waals surface area contributed by atoms with E-state index < -0.39 is 11.9 Å². The second kappa shape index (κ2) is 8.55. The summed E-state index contributed by atoms with van der Waals surface area (Å²) in [6.07, 6.45) is 1.31. The van der Waals surface area contributed by atoms with E-state index in [1.165, 1.54) is 7.11 Å². The van der Waals surface area contributed by atoms with Crippen LogP contribution in [0.2, 0.25) is 0 Å². The lowest BCUT2D eigenvalue weighted by molar-refractivity contribution is -0.117. The average Bonchev–Trinajstić information content (AvgIpc) is 3.23. The number of esters is 2. The van der Waals surface area contributed by atoms with Gasteiger partial charge in [0.15, 0.2) is 0 Å². The van der Waals surface area contributed by atoms with Crippen molar-refractivity contribution in [3.8, 4) is 0 Å². The van der Waals surface area contributed by atoms with Crippen LogP contribution in [-0.4, -0.2) is 36.5 Å². The predicted octanol–water partition coefficient (Wildman–Crippen LogP) is 3.81. The third-order valence-electron chi connectivity index (χ3n) is 5.42. The van der Waals surface area contributed by atoms with Gasteiger partial charge >= 0.3 is 11.9 Å². The molecule has 3 aromatic rings. The van der Waals surface area contributed by atoms with Crippen molar-refractivity contribution < 1.29 is 23.9 Å². The predicted molar refractivity (Wildman–Crippen MR) is 115 cm³/mol. The van der Waals surface area contributed by atoms with Gasteiger partial charge in [0.2, 0.25) is 5.91 Å². The fraction of sp³-hybridized carbons (Fsp3) is 0.250. The summed E-state index contributed by atoms with van der Waals surface area (Å²) in [7, 11) is 1.30. The number of fused-ring (bicyclic) bond motifs is 1. The van der Waals surface area contributed by atoms with Crippen LogP contribution in [0.15, 0.2) is 48.5 Å². The molecule has 7 heteroatoms. The molecule has 0 atom stereocenters. The van der Waals surface area contributed by atoms with Crippen LogP contribution >= 0.6 is 0 Å². The number of benzene rings is 2. The van der Waals surface area contributed by atoms with Gasteiger partial charge in [-0.15, -0.1) is 0 Å². The molecule has 1 saturated heterocycles. The maximum Gasteiger partial charge on any atom is 0.340 e. The van der Waals surface area contributed by atoms with E-state index in [0.717, 1.165) is 17.4 Å². The highest BCUT2D eigenvalue weighted by Crippen LogP contribution is 2.25. The molecule has 158 valence electrons. The van der Waals surface area contributed by atoms with E-state index >= 15 is 0 Å². The van der Waals surface area contributed by atoms with Crippen molar-refractivity contribution in [2.45, 2.75) is 26.4 Å². The molecule has 4 rings (SSSR count). The first kappa shape index (κ1) is 20.5. The molecule has 1 aliphatic rings. The Morgan fingerprint density at radius 3 is 2.65 bits per heavy atom. The molecule has 1 amide bonds. The number of amides is 1.